The highest BCUT2D eigenvalue weighted by molar-refractivity contribution is 5.90. The molecule has 0 N–H and O–H groups in total. The second-order valence-electron chi connectivity index (χ2n) is 4.48. The van der Waals surface area contributed by atoms with Crippen molar-refractivity contribution in [1.29, 1.82) is 0 Å². The van der Waals surface area contributed by atoms with E-state index in [0.717, 1.165) is 17.2 Å². The third-order valence-corrected chi connectivity index (χ3v) is 2.86. The van der Waals surface area contributed by atoms with Crippen molar-refractivity contribution in [3.8, 4) is 0 Å². The molecule has 82 valence electrons. The Morgan fingerprint density at radius 1 is 1.06 bits per heavy atom. The molecule has 0 amide bonds. The smallest absolute Gasteiger partial charge is 0.131 e. The first-order valence-electron chi connectivity index (χ1n) is 5.20. The number of carbonyl (C=O) groups excluding carboxylic acids is 1. The number of carbonyl (C=O) groups is 1. The van der Waals surface area contributed by atoms with E-state index in [-0.39, 0.29) is 5.82 Å². The summed E-state index contributed by atoms with van der Waals surface area (Å²) in [6.07, 6.45) is 0.896. The molecule has 0 aromatic heterocycles. The summed E-state index contributed by atoms with van der Waals surface area (Å²) < 4.78 is 13.6. The fourth-order valence-corrected chi connectivity index (χ4v) is 1.90. The van der Waals surface area contributed by atoms with Crippen molar-refractivity contribution >= 4 is 17.1 Å². The number of hydrogen-bond acceptors (Lipinski definition) is 1. The molecule has 2 aromatic rings. The lowest BCUT2D eigenvalue weighted by Crippen LogP contribution is -2.19. The zero-order valence-corrected chi connectivity index (χ0v) is 9.33. The number of fused-ring (bicyclic) bond motifs is 1. The van der Waals surface area contributed by atoms with E-state index >= 15 is 0 Å². The van der Waals surface area contributed by atoms with Crippen LogP contribution in [0.2, 0.25) is 0 Å². The van der Waals surface area contributed by atoms with E-state index in [4.69, 9.17) is 0 Å². The lowest BCUT2D eigenvalue weighted by atomic mass is 9.83. The third kappa shape index (κ3) is 1.60. The van der Waals surface area contributed by atoms with Gasteiger partial charge in [0.2, 0.25) is 0 Å². The van der Waals surface area contributed by atoms with E-state index < -0.39 is 5.41 Å². The number of benzene rings is 2. The summed E-state index contributed by atoms with van der Waals surface area (Å²) in [5.41, 5.74) is 0.271. The first-order valence-corrected chi connectivity index (χ1v) is 5.20. The van der Waals surface area contributed by atoms with Gasteiger partial charge in [0.15, 0.2) is 0 Å². The molecule has 0 bridgehead atoms. The van der Waals surface area contributed by atoms with Gasteiger partial charge in [0.25, 0.3) is 0 Å². The van der Waals surface area contributed by atoms with Crippen LogP contribution in [0.4, 0.5) is 4.39 Å². The summed E-state index contributed by atoms with van der Waals surface area (Å²) in [5, 5.41) is 1.37. The predicted octanol–water partition coefficient (Wildman–Crippen LogP) is 3.46. The Bertz CT molecular complexity index is 543. The molecule has 16 heavy (non-hydrogen) atoms. The zero-order valence-electron chi connectivity index (χ0n) is 9.33. The highest BCUT2D eigenvalue weighted by Gasteiger charge is 2.22. The van der Waals surface area contributed by atoms with E-state index in [1.807, 2.05) is 26.0 Å². The maximum atomic E-state index is 13.6. The van der Waals surface area contributed by atoms with Crippen molar-refractivity contribution in [2.24, 2.45) is 0 Å². The van der Waals surface area contributed by atoms with Crippen molar-refractivity contribution in [1.82, 2.24) is 0 Å². The number of halogens is 1. The monoisotopic (exact) mass is 216 g/mol. The lowest BCUT2D eigenvalue weighted by molar-refractivity contribution is -0.111. The molecule has 0 radical (unpaired) electrons. The molecule has 0 fully saturated rings. The van der Waals surface area contributed by atoms with Crippen LogP contribution in [0, 0.1) is 5.82 Å². The minimum Gasteiger partial charge on any atom is -0.302 e. The quantitative estimate of drug-likeness (QED) is 0.702. The number of hydrogen-bond donors (Lipinski definition) is 0. The first-order chi connectivity index (χ1) is 7.56. The highest BCUT2D eigenvalue weighted by atomic mass is 19.1. The summed E-state index contributed by atoms with van der Waals surface area (Å²) in [4.78, 5) is 11.1. The fraction of sp³-hybridized carbons (Fsp3) is 0.214. The standard InChI is InChI=1S/C14H13FO/c1-14(2,9-16)12-7-3-6-11-10(12)5-4-8-13(11)15/h3-9H,1-2H3. The van der Waals surface area contributed by atoms with Gasteiger partial charge in [-0.3, -0.25) is 0 Å². The van der Waals surface area contributed by atoms with Crippen LogP contribution in [0.3, 0.4) is 0 Å². The Balaban J connectivity index is 2.82. The lowest BCUT2D eigenvalue weighted by Gasteiger charge is -2.19. The number of aldehydes is 1. The van der Waals surface area contributed by atoms with Crippen molar-refractivity contribution in [2.75, 3.05) is 0 Å². The molecule has 2 heteroatoms. The van der Waals surface area contributed by atoms with Gasteiger partial charge in [-0.15, -0.1) is 0 Å². The Morgan fingerprint density at radius 3 is 2.38 bits per heavy atom. The molecule has 0 aliphatic carbocycles. The molecule has 0 atom stereocenters. The molecule has 0 heterocycles. The molecule has 0 saturated carbocycles. The summed E-state index contributed by atoms with van der Waals surface area (Å²) in [7, 11) is 0. The Hall–Kier alpha value is -1.70. The normalized spacial score (nSPS) is 11.7. The molecule has 1 nitrogen and oxygen atoms in total. The molecule has 0 spiro atoms. The third-order valence-electron chi connectivity index (χ3n) is 2.86. The van der Waals surface area contributed by atoms with Crippen LogP contribution in [0.15, 0.2) is 36.4 Å². The Morgan fingerprint density at radius 2 is 1.69 bits per heavy atom. The molecular weight excluding hydrogens is 203 g/mol. The van der Waals surface area contributed by atoms with Crippen molar-refractivity contribution < 1.29 is 9.18 Å². The Labute approximate surface area is 93.9 Å². The van der Waals surface area contributed by atoms with Gasteiger partial charge < -0.3 is 4.79 Å². The maximum absolute atomic E-state index is 13.6. The minimum atomic E-state index is -0.590. The largest absolute Gasteiger partial charge is 0.302 e. The van der Waals surface area contributed by atoms with Gasteiger partial charge in [-0.25, -0.2) is 4.39 Å². The average molecular weight is 216 g/mol. The molecule has 0 unspecified atom stereocenters. The van der Waals surface area contributed by atoms with E-state index in [1.54, 1.807) is 18.2 Å². The van der Waals surface area contributed by atoms with Crippen LogP contribution >= 0.6 is 0 Å². The average Bonchev–Trinajstić information content (AvgIpc) is 2.29. The highest BCUT2D eigenvalue weighted by Crippen LogP contribution is 2.29. The molecular formula is C14H13FO. The van der Waals surface area contributed by atoms with Crippen LogP contribution in [-0.2, 0) is 10.2 Å². The Kier molecular flexibility index (Phi) is 2.50. The summed E-state index contributed by atoms with van der Waals surface area (Å²) in [6, 6.07) is 10.3. The van der Waals surface area contributed by atoms with Crippen LogP contribution < -0.4 is 0 Å². The van der Waals surface area contributed by atoms with Crippen LogP contribution in [-0.4, -0.2) is 6.29 Å². The summed E-state index contributed by atoms with van der Waals surface area (Å²) >= 11 is 0. The van der Waals surface area contributed by atoms with Gasteiger partial charge in [-0.1, -0.05) is 30.3 Å². The second kappa shape index (κ2) is 3.71. The van der Waals surface area contributed by atoms with E-state index in [0.29, 0.717) is 5.39 Å². The van der Waals surface area contributed by atoms with Crippen molar-refractivity contribution in [3.63, 3.8) is 0 Å². The molecule has 2 aromatic carbocycles. The van der Waals surface area contributed by atoms with Gasteiger partial charge in [-0.2, -0.15) is 0 Å². The van der Waals surface area contributed by atoms with Gasteiger partial charge in [0.05, 0.1) is 0 Å². The molecule has 0 aliphatic rings. The van der Waals surface area contributed by atoms with Crippen molar-refractivity contribution in [3.05, 3.63) is 47.8 Å². The van der Waals surface area contributed by atoms with Crippen LogP contribution in [0.1, 0.15) is 19.4 Å². The molecule has 0 saturated heterocycles. The predicted molar refractivity (Wildman–Crippen MR) is 63.0 cm³/mol. The molecule has 2 rings (SSSR count). The zero-order chi connectivity index (χ0) is 11.8. The van der Waals surface area contributed by atoms with Crippen LogP contribution in [0.5, 0.6) is 0 Å². The topological polar surface area (TPSA) is 17.1 Å². The van der Waals surface area contributed by atoms with Gasteiger partial charge in [-0.05, 0) is 30.9 Å². The van der Waals surface area contributed by atoms with E-state index in [2.05, 4.69) is 0 Å². The fourth-order valence-electron chi connectivity index (χ4n) is 1.90. The van der Waals surface area contributed by atoms with E-state index in [1.165, 1.54) is 6.07 Å². The first kappa shape index (κ1) is 10.8. The van der Waals surface area contributed by atoms with Gasteiger partial charge >= 0.3 is 0 Å². The molecule has 0 aliphatic heterocycles. The van der Waals surface area contributed by atoms with E-state index in [9.17, 15) is 9.18 Å². The minimum absolute atomic E-state index is 0.249. The summed E-state index contributed by atoms with van der Waals surface area (Å²) in [6.45, 7) is 3.67. The maximum Gasteiger partial charge on any atom is 0.131 e. The summed E-state index contributed by atoms with van der Waals surface area (Å²) in [5.74, 6) is -0.249. The van der Waals surface area contributed by atoms with Crippen molar-refractivity contribution in [2.45, 2.75) is 19.3 Å². The SMILES string of the molecule is CC(C)(C=O)c1cccc2c(F)cccc12. The number of rotatable bonds is 2. The van der Waals surface area contributed by atoms with Gasteiger partial charge in [0.1, 0.15) is 12.1 Å². The second-order valence-corrected chi connectivity index (χ2v) is 4.48. The van der Waals surface area contributed by atoms with Crippen LogP contribution in [0.25, 0.3) is 10.8 Å². The van der Waals surface area contributed by atoms with Gasteiger partial charge in [0, 0.05) is 10.8 Å².